The van der Waals surface area contributed by atoms with Crippen LogP contribution in [0.5, 0.6) is 0 Å². The van der Waals surface area contributed by atoms with E-state index in [-0.39, 0.29) is 23.8 Å². The molecule has 7 heteroatoms. The van der Waals surface area contributed by atoms with Gasteiger partial charge in [-0.1, -0.05) is 6.07 Å². The van der Waals surface area contributed by atoms with Crippen molar-refractivity contribution in [2.75, 3.05) is 57.8 Å². The van der Waals surface area contributed by atoms with Gasteiger partial charge < -0.3 is 14.7 Å². The maximum Gasteiger partial charge on any atom is 0.236 e. The van der Waals surface area contributed by atoms with Crippen LogP contribution in [0.25, 0.3) is 0 Å². The highest BCUT2D eigenvalue weighted by molar-refractivity contribution is 5.81. The second-order valence-electron chi connectivity index (χ2n) is 8.15. The van der Waals surface area contributed by atoms with Gasteiger partial charge in [-0.3, -0.25) is 14.5 Å². The number of hydrogen-bond donors (Lipinski definition) is 0. The molecule has 7 nitrogen and oxygen atoms in total. The van der Waals surface area contributed by atoms with Gasteiger partial charge in [-0.25, -0.2) is 4.98 Å². The van der Waals surface area contributed by atoms with Crippen LogP contribution in [-0.4, -0.2) is 90.4 Å². The molecule has 1 aromatic heterocycles. The third-order valence-electron chi connectivity index (χ3n) is 6.02. The van der Waals surface area contributed by atoms with Crippen molar-refractivity contribution < 1.29 is 9.59 Å². The molecule has 2 aliphatic rings. The topological polar surface area (TPSA) is 60.0 Å². The van der Waals surface area contributed by atoms with Gasteiger partial charge in [0.05, 0.1) is 6.54 Å². The number of carbonyl (C=O) groups is 2. The minimum atomic E-state index is 0.0540. The number of aromatic nitrogens is 1. The zero-order valence-electron chi connectivity index (χ0n) is 17.4. The van der Waals surface area contributed by atoms with Gasteiger partial charge >= 0.3 is 0 Å². The molecule has 3 rings (SSSR count). The lowest BCUT2D eigenvalue weighted by atomic mass is 9.95. The van der Waals surface area contributed by atoms with Crippen molar-refractivity contribution in [2.45, 2.75) is 32.7 Å². The highest BCUT2D eigenvalue weighted by atomic mass is 16.2. The lowest BCUT2D eigenvalue weighted by Gasteiger charge is -2.37. The lowest BCUT2D eigenvalue weighted by Crippen LogP contribution is -2.52. The molecular weight excluding hydrogens is 354 g/mol. The van der Waals surface area contributed by atoms with Gasteiger partial charge in [-0.15, -0.1) is 0 Å². The third kappa shape index (κ3) is 5.01. The Morgan fingerprint density at radius 2 is 1.79 bits per heavy atom. The van der Waals surface area contributed by atoms with E-state index in [0.29, 0.717) is 19.6 Å². The van der Waals surface area contributed by atoms with Crippen LogP contribution in [0.3, 0.4) is 0 Å². The Morgan fingerprint density at radius 1 is 1.11 bits per heavy atom. The Morgan fingerprint density at radius 3 is 2.36 bits per heavy atom. The molecule has 0 saturated carbocycles. The molecule has 0 aliphatic carbocycles. The van der Waals surface area contributed by atoms with Gasteiger partial charge in [0, 0.05) is 64.5 Å². The largest absolute Gasteiger partial charge is 0.354 e. The van der Waals surface area contributed by atoms with Crippen LogP contribution >= 0.6 is 0 Å². The normalized spacial score (nSPS) is 19.1. The predicted molar refractivity (Wildman–Crippen MR) is 110 cm³/mol. The molecule has 0 radical (unpaired) electrons. The fourth-order valence-corrected chi connectivity index (χ4v) is 3.89. The standard InChI is InChI=1S/C21H33N5O2/c1-17(2)23(3)21(28)18-7-10-26(11-8-18)20(27)16-24-12-14-25(15-13-24)19-6-4-5-9-22-19/h4-6,9,17-18H,7-8,10-16H2,1-3H3. The molecule has 0 aromatic carbocycles. The molecule has 154 valence electrons. The molecule has 28 heavy (non-hydrogen) atoms. The van der Waals surface area contributed by atoms with E-state index in [2.05, 4.69) is 14.8 Å². The van der Waals surface area contributed by atoms with Crippen LogP contribution in [0, 0.1) is 5.92 Å². The minimum Gasteiger partial charge on any atom is -0.354 e. The summed E-state index contributed by atoms with van der Waals surface area (Å²) in [4.78, 5) is 37.8. The van der Waals surface area contributed by atoms with E-state index in [1.807, 2.05) is 55.1 Å². The predicted octanol–water partition coefficient (Wildman–Crippen LogP) is 1.31. The molecule has 0 atom stereocenters. The molecule has 0 spiro atoms. The minimum absolute atomic E-state index is 0.0540. The first kappa shape index (κ1) is 20.6. The van der Waals surface area contributed by atoms with E-state index >= 15 is 0 Å². The molecule has 2 saturated heterocycles. The second-order valence-corrected chi connectivity index (χ2v) is 8.15. The molecule has 2 aliphatic heterocycles. The van der Waals surface area contributed by atoms with Gasteiger partial charge in [0.25, 0.3) is 0 Å². The number of carbonyl (C=O) groups excluding carboxylic acids is 2. The summed E-state index contributed by atoms with van der Waals surface area (Å²) in [5.41, 5.74) is 0. The SMILES string of the molecule is CC(C)N(C)C(=O)C1CCN(C(=O)CN2CCN(c3ccccn3)CC2)CC1. The number of amides is 2. The van der Waals surface area contributed by atoms with Crippen LogP contribution in [0.15, 0.2) is 24.4 Å². The summed E-state index contributed by atoms with van der Waals surface area (Å²) in [6.45, 7) is 9.44. The molecule has 0 N–H and O–H groups in total. The van der Waals surface area contributed by atoms with E-state index in [0.717, 1.165) is 44.8 Å². The first-order valence-electron chi connectivity index (χ1n) is 10.4. The van der Waals surface area contributed by atoms with Crippen molar-refractivity contribution in [2.24, 2.45) is 5.92 Å². The summed E-state index contributed by atoms with van der Waals surface area (Å²) in [5.74, 6) is 1.46. The Labute approximate surface area is 168 Å². The summed E-state index contributed by atoms with van der Waals surface area (Å²) < 4.78 is 0. The number of anilines is 1. The van der Waals surface area contributed by atoms with Crippen LogP contribution in [0.1, 0.15) is 26.7 Å². The Balaban J connectivity index is 1.41. The zero-order chi connectivity index (χ0) is 20.1. The lowest BCUT2D eigenvalue weighted by molar-refractivity contribution is -0.141. The van der Waals surface area contributed by atoms with Crippen LogP contribution in [-0.2, 0) is 9.59 Å². The summed E-state index contributed by atoms with van der Waals surface area (Å²) in [7, 11) is 1.87. The van der Waals surface area contributed by atoms with Crippen LogP contribution in [0.4, 0.5) is 5.82 Å². The average Bonchev–Trinajstić information content (AvgIpc) is 2.74. The van der Waals surface area contributed by atoms with E-state index in [4.69, 9.17) is 0 Å². The molecule has 0 unspecified atom stereocenters. The second kappa shape index (κ2) is 9.37. The summed E-state index contributed by atoms with van der Waals surface area (Å²) in [6.07, 6.45) is 3.36. The number of hydrogen-bond acceptors (Lipinski definition) is 5. The van der Waals surface area contributed by atoms with Gasteiger partial charge in [-0.05, 0) is 38.8 Å². The summed E-state index contributed by atoms with van der Waals surface area (Å²) in [6, 6.07) is 6.18. The van der Waals surface area contributed by atoms with Crippen molar-refractivity contribution in [1.29, 1.82) is 0 Å². The van der Waals surface area contributed by atoms with Crippen molar-refractivity contribution in [3.8, 4) is 0 Å². The number of piperazine rings is 1. The Kier molecular flexibility index (Phi) is 6.88. The smallest absolute Gasteiger partial charge is 0.236 e. The maximum absolute atomic E-state index is 12.7. The first-order valence-corrected chi connectivity index (χ1v) is 10.4. The quantitative estimate of drug-likeness (QED) is 0.762. The third-order valence-corrected chi connectivity index (χ3v) is 6.02. The van der Waals surface area contributed by atoms with E-state index < -0.39 is 0 Å². The highest BCUT2D eigenvalue weighted by Gasteiger charge is 2.30. The van der Waals surface area contributed by atoms with Gasteiger partial charge in [0.2, 0.25) is 11.8 Å². The van der Waals surface area contributed by atoms with Gasteiger partial charge in [0.15, 0.2) is 0 Å². The summed E-state index contributed by atoms with van der Waals surface area (Å²) >= 11 is 0. The maximum atomic E-state index is 12.7. The van der Waals surface area contributed by atoms with Gasteiger partial charge in [-0.2, -0.15) is 0 Å². The molecule has 2 amide bonds. The monoisotopic (exact) mass is 387 g/mol. The molecule has 3 heterocycles. The van der Waals surface area contributed by atoms with Crippen molar-refractivity contribution in [1.82, 2.24) is 19.7 Å². The summed E-state index contributed by atoms with van der Waals surface area (Å²) in [5, 5.41) is 0. The number of pyridine rings is 1. The fraction of sp³-hybridized carbons (Fsp3) is 0.667. The van der Waals surface area contributed by atoms with E-state index in [1.165, 1.54) is 0 Å². The Bertz CT molecular complexity index is 650. The highest BCUT2D eigenvalue weighted by Crippen LogP contribution is 2.20. The van der Waals surface area contributed by atoms with Crippen LogP contribution in [0.2, 0.25) is 0 Å². The number of likely N-dealkylation sites (tertiary alicyclic amines) is 1. The van der Waals surface area contributed by atoms with E-state index in [1.54, 1.807) is 0 Å². The van der Waals surface area contributed by atoms with Crippen molar-refractivity contribution >= 4 is 17.6 Å². The van der Waals surface area contributed by atoms with Crippen molar-refractivity contribution in [3.63, 3.8) is 0 Å². The van der Waals surface area contributed by atoms with Crippen molar-refractivity contribution in [3.05, 3.63) is 24.4 Å². The number of piperidine rings is 1. The van der Waals surface area contributed by atoms with E-state index in [9.17, 15) is 9.59 Å². The molecule has 0 bridgehead atoms. The first-order chi connectivity index (χ1) is 13.5. The zero-order valence-corrected chi connectivity index (χ0v) is 17.4. The average molecular weight is 388 g/mol. The molecular formula is C21H33N5O2. The fourth-order valence-electron chi connectivity index (χ4n) is 3.89. The Hall–Kier alpha value is -2.15. The molecule has 1 aromatic rings. The van der Waals surface area contributed by atoms with Crippen LogP contribution < -0.4 is 4.90 Å². The molecule has 2 fully saturated rings. The van der Waals surface area contributed by atoms with Gasteiger partial charge in [0.1, 0.15) is 5.82 Å². The number of nitrogens with zero attached hydrogens (tertiary/aromatic N) is 5. The number of rotatable bonds is 5.